The van der Waals surface area contributed by atoms with Gasteiger partial charge in [0.05, 0.1) is 12.2 Å². The Bertz CT molecular complexity index is 880. The highest BCUT2D eigenvalue weighted by molar-refractivity contribution is 8.26. The molecule has 3 amide bonds. The monoisotopic (exact) mass is 405 g/mol. The Hall–Kier alpha value is -2.46. The maximum atomic E-state index is 12.8. The molecule has 10 heteroatoms. The van der Waals surface area contributed by atoms with Gasteiger partial charge in [0.15, 0.2) is 6.04 Å². The molecule has 28 heavy (non-hydrogen) atoms. The predicted molar refractivity (Wildman–Crippen MR) is 97.3 cm³/mol. The molecule has 1 atom stereocenters. The minimum absolute atomic E-state index is 0.140. The van der Waals surface area contributed by atoms with Crippen LogP contribution in [0.2, 0.25) is 0 Å². The fourth-order valence-corrected chi connectivity index (χ4v) is 4.05. The molecule has 0 radical (unpaired) electrons. The van der Waals surface area contributed by atoms with Crippen molar-refractivity contribution in [2.24, 2.45) is 11.7 Å². The van der Waals surface area contributed by atoms with E-state index in [9.17, 15) is 24.3 Å². The zero-order chi connectivity index (χ0) is 20.1. The topological polar surface area (TPSA) is 140 Å². The third kappa shape index (κ3) is 3.26. The molecule has 148 valence electrons. The standard InChI is InChI=1S/C18H19N3O6S/c19-13(22)12-16(24)28-17(25)21(12)15(23)11-5-4-10(18(26)6-1-7-18)14(20-11)27-8-9-2-3-9/h4-5,9,12,26H,1-3,6-8H2,(H2,19,22). The van der Waals surface area contributed by atoms with Crippen LogP contribution in [0.3, 0.4) is 0 Å². The molecule has 1 aromatic heterocycles. The lowest BCUT2D eigenvalue weighted by molar-refractivity contribution is -0.127. The van der Waals surface area contributed by atoms with Crippen molar-refractivity contribution in [1.82, 2.24) is 9.88 Å². The lowest BCUT2D eigenvalue weighted by atomic mass is 9.75. The lowest BCUT2D eigenvalue weighted by Crippen LogP contribution is -2.48. The van der Waals surface area contributed by atoms with Gasteiger partial charge in [0.2, 0.25) is 16.9 Å². The fraction of sp³-hybridized carbons (Fsp3) is 0.500. The molecular weight excluding hydrogens is 386 g/mol. The van der Waals surface area contributed by atoms with E-state index >= 15 is 0 Å². The number of nitrogens with two attached hydrogens (primary N) is 1. The van der Waals surface area contributed by atoms with Crippen molar-refractivity contribution in [2.45, 2.75) is 43.7 Å². The van der Waals surface area contributed by atoms with Crippen LogP contribution in [0.4, 0.5) is 4.79 Å². The van der Waals surface area contributed by atoms with E-state index in [1.54, 1.807) is 6.07 Å². The number of pyridine rings is 1. The summed E-state index contributed by atoms with van der Waals surface area (Å²) >= 11 is 0.262. The van der Waals surface area contributed by atoms with E-state index < -0.39 is 33.8 Å². The highest BCUT2D eigenvalue weighted by Crippen LogP contribution is 2.44. The zero-order valence-corrected chi connectivity index (χ0v) is 15.7. The van der Waals surface area contributed by atoms with Gasteiger partial charge in [-0.2, -0.15) is 0 Å². The van der Waals surface area contributed by atoms with E-state index in [0.29, 0.717) is 35.8 Å². The highest BCUT2D eigenvalue weighted by atomic mass is 32.2. The van der Waals surface area contributed by atoms with Gasteiger partial charge in [-0.1, -0.05) is 0 Å². The average molecular weight is 405 g/mol. The van der Waals surface area contributed by atoms with Gasteiger partial charge in [-0.05, 0) is 50.2 Å². The summed E-state index contributed by atoms with van der Waals surface area (Å²) in [6.07, 6.45) is 4.13. The predicted octanol–water partition coefficient (Wildman–Crippen LogP) is 0.931. The second-order valence-electron chi connectivity index (χ2n) is 7.36. The molecule has 1 aliphatic heterocycles. The smallest absolute Gasteiger partial charge is 0.297 e. The Morgan fingerprint density at radius 3 is 2.61 bits per heavy atom. The van der Waals surface area contributed by atoms with E-state index in [-0.39, 0.29) is 23.3 Å². The molecule has 4 rings (SSSR count). The molecule has 1 saturated heterocycles. The molecule has 1 unspecified atom stereocenters. The number of rotatable bonds is 6. The van der Waals surface area contributed by atoms with Crippen molar-refractivity contribution in [2.75, 3.05) is 6.61 Å². The van der Waals surface area contributed by atoms with E-state index in [1.807, 2.05) is 0 Å². The van der Waals surface area contributed by atoms with Crippen LogP contribution in [0, 0.1) is 5.92 Å². The summed E-state index contributed by atoms with van der Waals surface area (Å²) in [7, 11) is 0. The summed E-state index contributed by atoms with van der Waals surface area (Å²) in [5, 5.41) is 9.03. The molecule has 3 fully saturated rings. The number of hydrogen-bond acceptors (Lipinski definition) is 8. The number of amides is 3. The molecule has 0 aromatic carbocycles. The molecule has 3 N–H and O–H groups in total. The quantitative estimate of drug-likeness (QED) is 0.666. The molecule has 0 bridgehead atoms. The number of primary amides is 1. The summed E-state index contributed by atoms with van der Waals surface area (Å²) < 4.78 is 5.77. The Morgan fingerprint density at radius 1 is 1.32 bits per heavy atom. The third-order valence-electron chi connectivity index (χ3n) is 5.27. The van der Waals surface area contributed by atoms with E-state index in [0.717, 1.165) is 19.3 Å². The first-order valence-corrected chi connectivity index (χ1v) is 9.87. The second-order valence-corrected chi connectivity index (χ2v) is 8.31. The number of aliphatic hydroxyl groups is 1. The summed E-state index contributed by atoms with van der Waals surface area (Å²) in [6.45, 7) is 0.425. The van der Waals surface area contributed by atoms with Gasteiger partial charge in [-0.25, -0.2) is 9.88 Å². The van der Waals surface area contributed by atoms with Crippen LogP contribution in [-0.2, 0) is 15.2 Å². The van der Waals surface area contributed by atoms with Crippen LogP contribution < -0.4 is 10.5 Å². The fourth-order valence-electron chi connectivity index (χ4n) is 3.25. The number of carbonyl (C=O) groups is 4. The maximum Gasteiger partial charge on any atom is 0.297 e. The Morgan fingerprint density at radius 2 is 2.04 bits per heavy atom. The summed E-state index contributed by atoms with van der Waals surface area (Å²) in [5.41, 5.74) is 4.48. The number of carbonyl (C=O) groups excluding carboxylic acids is 4. The van der Waals surface area contributed by atoms with Crippen molar-refractivity contribution in [1.29, 1.82) is 0 Å². The summed E-state index contributed by atoms with van der Waals surface area (Å²) in [6, 6.07) is 1.26. The summed E-state index contributed by atoms with van der Waals surface area (Å²) in [4.78, 5) is 53.0. The van der Waals surface area contributed by atoms with Gasteiger partial charge >= 0.3 is 0 Å². The van der Waals surface area contributed by atoms with Crippen LogP contribution in [0.1, 0.15) is 48.2 Å². The molecule has 1 aromatic rings. The van der Waals surface area contributed by atoms with E-state index in [4.69, 9.17) is 10.5 Å². The minimum Gasteiger partial charge on any atom is -0.477 e. The largest absolute Gasteiger partial charge is 0.477 e. The van der Waals surface area contributed by atoms with Gasteiger partial charge < -0.3 is 15.6 Å². The lowest BCUT2D eigenvalue weighted by Gasteiger charge is -2.37. The molecule has 9 nitrogen and oxygen atoms in total. The van der Waals surface area contributed by atoms with Crippen LogP contribution in [0.15, 0.2) is 12.1 Å². The highest BCUT2D eigenvalue weighted by Gasteiger charge is 2.48. The number of nitrogens with zero attached hydrogens (tertiary/aromatic N) is 2. The van der Waals surface area contributed by atoms with Gasteiger partial charge in [-0.15, -0.1) is 0 Å². The number of aromatic nitrogens is 1. The normalized spacial score (nSPS) is 23.5. The van der Waals surface area contributed by atoms with Crippen molar-refractivity contribution in [3.8, 4) is 5.88 Å². The Balaban J connectivity index is 1.66. The average Bonchev–Trinajstić information content (AvgIpc) is 3.40. The molecule has 0 spiro atoms. The first-order chi connectivity index (χ1) is 13.3. The number of hydrogen-bond donors (Lipinski definition) is 2. The molecule has 2 heterocycles. The first kappa shape index (κ1) is 18.9. The third-order valence-corrected chi connectivity index (χ3v) is 6.06. The SMILES string of the molecule is NC(=O)C1C(=O)SC(=O)N1C(=O)c1ccc(C2(O)CCC2)c(OCC2CC2)n1. The maximum absolute atomic E-state index is 12.8. The zero-order valence-electron chi connectivity index (χ0n) is 14.9. The van der Waals surface area contributed by atoms with Crippen molar-refractivity contribution in [3.63, 3.8) is 0 Å². The van der Waals surface area contributed by atoms with Crippen LogP contribution >= 0.6 is 11.8 Å². The van der Waals surface area contributed by atoms with Gasteiger partial charge in [0, 0.05) is 17.3 Å². The van der Waals surface area contributed by atoms with Crippen LogP contribution in [0.25, 0.3) is 0 Å². The molecular formula is C18H19N3O6S. The van der Waals surface area contributed by atoms with Gasteiger partial charge in [0.1, 0.15) is 5.69 Å². The first-order valence-electron chi connectivity index (χ1n) is 9.05. The molecule has 2 aliphatic carbocycles. The van der Waals surface area contributed by atoms with Crippen molar-refractivity contribution < 1.29 is 29.0 Å². The number of thioether (sulfide) groups is 1. The van der Waals surface area contributed by atoms with Gasteiger partial charge in [0.25, 0.3) is 11.1 Å². The van der Waals surface area contributed by atoms with Crippen molar-refractivity contribution >= 4 is 33.9 Å². The minimum atomic E-state index is -1.65. The number of imide groups is 1. The van der Waals surface area contributed by atoms with E-state index in [2.05, 4.69) is 4.98 Å². The number of ether oxygens (including phenoxy) is 1. The molecule has 3 aliphatic rings. The Labute approximate surface area is 164 Å². The van der Waals surface area contributed by atoms with Crippen LogP contribution in [0.5, 0.6) is 5.88 Å². The Kier molecular flexibility index (Phi) is 4.62. The van der Waals surface area contributed by atoms with Gasteiger partial charge in [-0.3, -0.25) is 19.2 Å². The summed E-state index contributed by atoms with van der Waals surface area (Å²) in [5.74, 6) is -1.42. The van der Waals surface area contributed by atoms with Crippen molar-refractivity contribution in [3.05, 3.63) is 23.4 Å². The van der Waals surface area contributed by atoms with E-state index in [1.165, 1.54) is 6.07 Å². The molecule has 2 saturated carbocycles. The van der Waals surface area contributed by atoms with Crippen LogP contribution in [-0.4, -0.2) is 49.8 Å². The second kappa shape index (κ2) is 6.85.